The van der Waals surface area contributed by atoms with E-state index in [0.29, 0.717) is 28.4 Å². The second kappa shape index (κ2) is 3.63. The van der Waals surface area contributed by atoms with Crippen LogP contribution in [0.1, 0.15) is 12.0 Å². The molecule has 0 unspecified atom stereocenters. The summed E-state index contributed by atoms with van der Waals surface area (Å²) in [6.45, 7) is 0.424. The van der Waals surface area contributed by atoms with Crippen LogP contribution in [-0.4, -0.2) is 15.0 Å². The lowest BCUT2D eigenvalue weighted by molar-refractivity contribution is 0.605. The summed E-state index contributed by atoms with van der Waals surface area (Å²) < 4.78 is 23.4. The van der Waals surface area contributed by atoms with Gasteiger partial charge >= 0.3 is 0 Å². The summed E-state index contributed by atoms with van der Waals surface area (Å²) in [4.78, 5) is 0.329. The Morgan fingerprint density at radius 3 is 2.73 bits per heavy atom. The quantitative estimate of drug-likeness (QED) is 0.862. The van der Waals surface area contributed by atoms with E-state index in [1.807, 2.05) is 0 Å². The Kier molecular flexibility index (Phi) is 2.58. The summed E-state index contributed by atoms with van der Waals surface area (Å²) in [5.74, 6) is 0. The van der Waals surface area contributed by atoms with Gasteiger partial charge in [-0.1, -0.05) is 11.6 Å². The molecule has 15 heavy (non-hydrogen) atoms. The van der Waals surface area contributed by atoms with Crippen LogP contribution in [0.25, 0.3) is 5.57 Å². The molecular formula is C10H10ClNO2S. The Bertz CT molecular complexity index is 534. The molecule has 0 amide bonds. The Morgan fingerprint density at radius 1 is 1.33 bits per heavy atom. The fraction of sp³-hybridized carbons (Fsp3) is 0.200. The molecule has 1 aliphatic rings. The first-order valence-electron chi connectivity index (χ1n) is 4.50. The van der Waals surface area contributed by atoms with Gasteiger partial charge < -0.3 is 5.73 Å². The highest BCUT2D eigenvalue weighted by atomic mass is 35.5. The summed E-state index contributed by atoms with van der Waals surface area (Å²) in [5, 5.41) is 1.81. The van der Waals surface area contributed by atoms with Crippen LogP contribution in [0.15, 0.2) is 28.5 Å². The predicted octanol–water partition coefficient (Wildman–Crippen LogP) is 1.82. The molecule has 0 saturated heterocycles. The lowest BCUT2D eigenvalue weighted by Gasteiger charge is -2.02. The lowest BCUT2D eigenvalue weighted by Crippen LogP contribution is -1.99. The fourth-order valence-corrected chi connectivity index (χ4v) is 3.34. The highest BCUT2D eigenvalue weighted by Crippen LogP contribution is 2.36. The van der Waals surface area contributed by atoms with Gasteiger partial charge in [0, 0.05) is 10.4 Å². The molecule has 0 bridgehead atoms. The molecule has 2 N–H and O–H groups in total. The van der Waals surface area contributed by atoms with Crippen LogP contribution in [0.4, 0.5) is 0 Å². The van der Waals surface area contributed by atoms with Gasteiger partial charge in [-0.3, -0.25) is 0 Å². The van der Waals surface area contributed by atoms with Gasteiger partial charge in [0.15, 0.2) is 0 Å². The maximum Gasteiger partial charge on any atom is 0.200 e. The standard InChI is InChI=1S/C10H10ClNO2S/c11-8-1-2-10-9(5-8)7(3-4-12)6-15(10,13)14/h1-2,5-6H,3-4,12H2. The van der Waals surface area contributed by atoms with Crippen LogP contribution in [0.2, 0.25) is 5.02 Å². The van der Waals surface area contributed by atoms with Crippen molar-refractivity contribution < 1.29 is 8.42 Å². The van der Waals surface area contributed by atoms with Crippen LogP contribution in [0, 0.1) is 0 Å². The number of hydrogen-bond donors (Lipinski definition) is 1. The summed E-state index contributed by atoms with van der Waals surface area (Å²) >= 11 is 5.83. The normalized spacial score (nSPS) is 17.3. The number of fused-ring (bicyclic) bond motifs is 1. The van der Waals surface area contributed by atoms with Crippen molar-refractivity contribution in [2.75, 3.05) is 6.54 Å². The van der Waals surface area contributed by atoms with Crippen molar-refractivity contribution in [2.45, 2.75) is 11.3 Å². The van der Waals surface area contributed by atoms with E-state index in [4.69, 9.17) is 17.3 Å². The van der Waals surface area contributed by atoms with Crippen molar-refractivity contribution in [1.82, 2.24) is 0 Å². The van der Waals surface area contributed by atoms with Crippen LogP contribution in [0.5, 0.6) is 0 Å². The van der Waals surface area contributed by atoms with Crippen molar-refractivity contribution in [3.8, 4) is 0 Å². The SMILES string of the molecule is NCCC1=CS(=O)(=O)c2ccc(Cl)cc21. The molecule has 1 heterocycles. The molecule has 0 spiro atoms. The summed E-state index contributed by atoms with van der Waals surface area (Å²) in [6, 6.07) is 4.78. The largest absolute Gasteiger partial charge is 0.330 e. The molecule has 1 aromatic carbocycles. The van der Waals surface area contributed by atoms with E-state index in [1.54, 1.807) is 12.1 Å². The van der Waals surface area contributed by atoms with Gasteiger partial charge in [0.25, 0.3) is 0 Å². The third-order valence-electron chi connectivity index (χ3n) is 2.31. The number of halogens is 1. The molecule has 0 saturated carbocycles. The van der Waals surface area contributed by atoms with Crippen LogP contribution >= 0.6 is 11.6 Å². The van der Waals surface area contributed by atoms with E-state index in [-0.39, 0.29) is 0 Å². The maximum absolute atomic E-state index is 11.7. The minimum absolute atomic E-state index is 0.329. The molecule has 0 fully saturated rings. The second-order valence-corrected chi connectivity index (χ2v) is 5.57. The summed E-state index contributed by atoms with van der Waals surface area (Å²) in [6.07, 6.45) is 0.548. The van der Waals surface area contributed by atoms with Gasteiger partial charge in [-0.15, -0.1) is 0 Å². The Hall–Kier alpha value is -0.840. The van der Waals surface area contributed by atoms with E-state index >= 15 is 0 Å². The van der Waals surface area contributed by atoms with Crippen molar-refractivity contribution in [1.29, 1.82) is 0 Å². The van der Waals surface area contributed by atoms with Gasteiger partial charge in [-0.25, -0.2) is 8.42 Å². The van der Waals surface area contributed by atoms with Crippen LogP contribution < -0.4 is 5.73 Å². The fourth-order valence-electron chi connectivity index (χ4n) is 1.66. The van der Waals surface area contributed by atoms with E-state index in [0.717, 1.165) is 5.57 Å². The van der Waals surface area contributed by atoms with Crippen molar-refractivity contribution in [3.63, 3.8) is 0 Å². The molecule has 5 heteroatoms. The van der Waals surface area contributed by atoms with E-state index < -0.39 is 9.84 Å². The van der Waals surface area contributed by atoms with Gasteiger partial charge in [-0.05, 0) is 42.3 Å². The van der Waals surface area contributed by atoms with Crippen LogP contribution in [0.3, 0.4) is 0 Å². The minimum atomic E-state index is -3.27. The topological polar surface area (TPSA) is 60.2 Å². The Morgan fingerprint density at radius 2 is 2.07 bits per heavy atom. The molecule has 3 nitrogen and oxygen atoms in total. The summed E-state index contributed by atoms with van der Waals surface area (Å²) in [5.41, 5.74) is 6.86. The molecule has 0 aromatic heterocycles. The molecule has 1 aliphatic heterocycles. The van der Waals surface area contributed by atoms with Crippen molar-refractivity contribution >= 4 is 27.0 Å². The summed E-state index contributed by atoms with van der Waals surface area (Å²) in [7, 11) is -3.27. The third kappa shape index (κ3) is 1.80. The first kappa shape index (κ1) is 10.7. The third-order valence-corrected chi connectivity index (χ3v) is 4.10. The smallest absolute Gasteiger partial charge is 0.200 e. The highest BCUT2D eigenvalue weighted by molar-refractivity contribution is 7.95. The first-order valence-corrected chi connectivity index (χ1v) is 6.42. The zero-order valence-corrected chi connectivity index (χ0v) is 9.48. The van der Waals surface area contributed by atoms with Crippen LogP contribution in [-0.2, 0) is 9.84 Å². The lowest BCUT2D eigenvalue weighted by atomic mass is 10.1. The predicted molar refractivity (Wildman–Crippen MR) is 60.3 cm³/mol. The van der Waals surface area contributed by atoms with Gasteiger partial charge in [0.05, 0.1) is 4.90 Å². The van der Waals surface area contributed by atoms with E-state index in [9.17, 15) is 8.42 Å². The number of nitrogens with two attached hydrogens (primary N) is 1. The zero-order chi connectivity index (χ0) is 11.1. The monoisotopic (exact) mass is 243 g/mol. The Balaban J connectivity index is 2.63. The first-order chi connectivity index (χ1) is 7.04. The molecule has 0 radical (unpaired) electrons. The molecule has 0 atom stereocenters. The number of rotatable bonds is 2. The molecule has 0 aliphatic carbocycles. The Labute approximate surface area is 93.5 Å². The number of hydrogen-bond acceptors (Lipinski definition) is 3. The molecule has 1 aromatic rings. The average molecular weight is 244 g/mol. The second-order valence-electron chi connectivity index (χ2n) is 3.37. The number of benzene rings is 1. The van der Waals surface area contributed by atoms with Gasteiger partial charge in [-0.2, -0.15) is 0 Å². The number of sulfone groups is 1. The molecular weight excluding hydrogens is 234 g/mol. The van der Waals surface area contributed by atoms with Gasteiger partial charge in [0.1, 0.15) is 0 Å². The van der Waals surface area contributed by atoms with E-state index in [1.165, 1.54) is 11.5 Å². The molecule has 2 rings (SSSR count). The maximum atomic E-state index is 11.7. The van der Waals surface area contributed by atoms with Crippen molar-refractivity contribution in [2.24, 2.45) is 5.73 Å². The van der Waals surface area contributed by atoms with Crippen molar-refractivity contribution in [3.05, 3.63) is 34.2 Å². The average Bonchev–Trinajstić information content (AvgIpc) is 2.39. The zero-order valence-electron chi connectivity index (χ0n) is 7.90. The molecule has 80 valence electrons. The van der Waals surface area contributed by atoms with Gasteiger partial charge in [0.2, 0.25) is 9.84 Å². The highest BCUT2D eigenvalue weighted by Gasteiger charge is 2.26. The van der Waals surface area contributed by atoms with E-state index in [2.05, 4.69) is 0 Å². The minimum Gasteiger partial charge on any atom is -0.330 e.